The Morgan fingerprint density at radius 3 is 2.64 bits per heavy atom. The summed E-state index contributed by atoms with van der Waals surface area (Å²) in [4.78, 5) is 35.5. The molecule has 10 heteroatoms. The van der Waals surface area contributed by atoms with Gasteiger partial charge in [0.15, 0.2) is 9.84 Å². The minimum Gasteiger partial charge on any atom is -0.366 e. The van der Waals surface area contributed by atoms with Gasteiger partial charge in [0.2, 0.25) is 5.91 Å². The van der Waals surface area contributed by atoms with E-state index in [1.807, 2.05) is 0 Å². The lowest BCUT2D eigenvalue weighted by atomic mass is 10.1. The molecule has 0 aliphatic carbocycles. The first kappa shape index (κ1) is 22.2. The van der Waals surface area contributed by atoms with Crippen molar-refractivity contribution in [2.75, 3.05) is 11.1 Å². The standard InChI is InChI=1S/C23H21N5O4S/c1-3-33(31,32)17-9-16(11-25-12-17)19-10-14-6-7-26-23(30)20(14)22(28-19)27-18-5-4-15(21(24)29)8-13(18)2/h4-12H,3H2,1-2H3,(H2,24,29)(H,26,30)(H,27,28). The van der Waals surface area contributed by atoms with Gasteiger partial charge in [-0.25, -0.2) is 13.4 Å². The molecule has 4 rings (SSSR count). The van der Waals surface area contributed by atoms with Gasteiger partial charge in [0.25, 0.3) is 5.56 Å². The van der Waals surface area contributed by atoms with E-state index < -0.39 is 15.7 Å². The first-order valence-corrected chi connectivity index (χ1v) is 11.7. The molecule has 9 nitrogen and oxygen atoms in total. The van der Waals surface area contributed by atoms with Crippen molar-refractivity contribution in [1.29, 1.82) is 0 Å². The number of pyridine rings is 3. The summed E-state index contributed by atoms with van der Waals surface area (Å²) >= 11 is 0. The molecule has 0 atom stereocenters. The van der Waals surface area contributed by atoms with Gasteiger partial charge in [-0.15, -0.1) is 0 Å². The fourth-order valence-electron chi connectivity index (χ4n) is 3.43. The molecule has 0 radical (unpaired) electrons. The molecule has 0 bridgehead atoms. The van der Waals surface area contributed by atoms with E-state index >= 15 is 0 Å². The minimum absolute atomic E-state index is 0.0496. The lowest BCUT2D eigenvalue weighted by Gasteiger charge is -2.14. The van der Waals surface area contributed by atoms with Crippen LogP contribution < -0.4 is 16.6 Å². The highest BCUT2D eigenvalue weighted by Crippen LogP contribution is 2.29. The molecule has 0 saturated carbocycles. The third-order valence-corrected chi connectivity index (χ3v) is 6.97. The summed E-state index contributed by atoms with van der Waals surface area (Å²) in [7, 11) is -3.45. The van der Waals surface area contributed by atoms with Crippen LogP contribution in [0.4, 0.5) is 11.5 Å². The van der Waals surface area contributed by atoms with E-state index in [2.05, 4.69) is 20.3 Å². The molecule has 1 aromatic carbocycles. The van der Waals surface area contributed by atoms with E-state index in [0.717, 1.165) is 5.56 Å². The number of benzene rings is 1. The topological polar surface area (TPSA) is 148 Å². The fraction of sp³-hybridized carbons (Fsp3) is 0.130. The number of amides is 1. The van der Waals surface area contributed by atoms with Crippen molar-refractivity contribution in [2.45, 2.75) is 18.7 Å². The van der Waals surface area contributed by atoms with E-state index in [9.17, 15) is 18.0 Å². The van der Waals surface area contributed by atoms with Crippen molar-refractivity contribution >= 4 is 38.0 Å². The van der Waals surface area contributed by atoms with Crippen molar-refractivity contribution < 1.29 is 13.2 Å². The Bertz CT molecular complexity index is 1560. The van der Waals surface area contributed by atoms with E-state index in [0.29, 0.717) is 33.3 Å². The molecule has 3 heterocycles. The fourth-order valence-corrected chi connectivity index (χ4v) is 4.29. The number of aromatic amines is 1. The van der Waals surface area contributed by atoms with Crippen LogP contribution in [0.5, 0.6) is 0 Å². The first-order valence-electron chi connectivity index (χ1n) is 10.1. The molecule has 0 fully saturated rings. The number of aryl methyl sites for hydroxylation is 1. The molecule has 1 amide bonds. The summed E-state index contributed by atoms with van der Waals surface area (Å²) in [6, 6.07) is 9.86. The average molecular weight is 464 g/mol. The Balaban J connectivity index is 1.88. The normalized spacial score (nSPS) is 11.5. The number of rotatable bonds is 6. The Morgan fingerprint density at radius 1 is 1.15 bits per heavy atom. The van der Waals surface area contributed by atoms with E-state index in [1.54, 1.807) is 44.2 Å². The maximum absolute atomic E-state index is 12.6. The van der Waals surface area contributed by atoms with E-state index in [1.165, 1.54) is 24.7 Å². The number of nitrogens with zero attached hydrogens (tertiary/aromatic N) is 2. The van der Waals surface area contributed by atoms with Gasteiger partial charge in [0.1, 0.15) is 5.82 Å². The number of sulfone groups is 1. The van der Waals surface area contributed by atoms with Crippen LogP contribution in [-0.2, 0) is 9.84 Å². The summed E-state index contributed by atoms with van der Waals surface area (Å²) in [6.45, 7) is 3.37. The smallest absolute Gasteiger partial charge is 0.259 e. The quantitative estimate of drug-likeness (QED) is 0.398. The molecular weight excluding hydrogens is 442 g/mol. The zero-order valence-corrected chi connectivity index (χ0v) is 18.7. The van der Waals surface area contributed by atoms with Gasteiger partial charge in [-0.2, -0.15) is 0 Å². The molecular formula is C23H21N5O4S. The van der Waals surface area contributed by atoms with Crippen molar-refractivity contribution in [3.63, 3.8) is 0 Å². The van der Waals surface area contributed by atoms with Crippen LogP contribution in [0.3, 0.4) is 0 Å². The molecule has 0 aliphatic heterocycles. The number of primary amides is 1. The number of hydrogen-bond acceptors (Lipinski definition) is 7. The number of anilines is 2. The van der Waals surface area contributed by atoms with Crippen molar-refractivity contribution in [1.82, 2.24) is 15.0 Å². The highest BCUT2D eigenvalue weighted by atomic mass is 32.2. The van der Waals surface area contributed by atoms with Crippen LogP contribution in [-0.4, -0.2) is 35.0 Å². The van der Waals surface area contributed by atoms with Crippen LogP contribution in [0.15, 0.2) is 64.7 Å². The second kappa shape index (κ2) is 8.47. The SMILES string of the molecule is CCS(=O)(=O)c1cncc(-c2cc3cc[nH]c(=O)c3c(Nc3ccc(C(N)=O)cc3C)n2)c1. The predicted octanol–water partition coefficient (Wildman–Crippen LogP) is 2.93. The highest BCUT2D eigenvalue weighted by Gasteiger charge is 2.16. The summed E-state index contributed by atoms with van der Waals surface area (Å²) in [5, 5.41) is 4.12. The number of nitrogens with two attached hydrogens (primary N) is 1. The lowest BCUT2D eigenvalue weighted by molar-refractivity contribution is 0.1000. The Hall–Kier alpha value is -4.05. The Labute approximate surface area is 189 Å². The summed E-state index contributed by atoms with van der Waals surface area (Å²) in [6.07, 6.45) is 4.35. The van der Waals surface area contributed by atoms with E-state index in [4.69, 9.17) is 5.73 Å². The second-order valence-electron chi connectivity index (χ2n) is 7.46. The molecule has 0 saturated heterocycles. The van der Waals surface area contributed by atoms with Gasteiger partial charge in [-0.05, 0) is 54.3 Å². The maximum Gasteiger partial charge on any atom is 0.259 e. The van der Waals surface area contributed by atoms with Crippen LogP contribution in [0.1, 0.15) is 22.8 Å². The summed E-state index contributed by atoms with van der Waals surface area (Å²) in [5.41, 5.74) is 7.69. The monoisotopic (exact) mass is 463 g/mol. The average Bonchev–Trinajstić information content (AvgIpc) is 2.80. The van der Waals surface area contributed by atoms with Crippen molar-refractivity contribution in [3.8, 4) is 11.3 Å². The van der Waals surface area contributed by atoms with Crippen LogP contribution >= 0.6 is 0 Å². The van der Waals surface area contributed by atoms with Gasteiger partial charge in [0, 0.05) is 35.4 Å². The zero-order valence-electron chi connectivity index (χ0n) is 17.9. The molecule has 0 aliphatic rings. The van der Waals surface area contributed by atoms with Gasteiger partial charge in [-0.1, -0.05) is 6.92 Å². The molecule has 33 heavy (non-hydrogen) atoms. The summed E-state index contributed by atoms with van der Waals surface area (Å²) < 4.78 is 24.6. The Morgan fingerprint density at radius 2 is 1.94 bits per heavy atom. The molecule has 0 spiro atoms. The van der Waals surface area contributed by atoms with Gasteiger partial charge in [-0.3, -0.25) is 14.6 Å². The largest absolute Gasteiger partial charge is 0.366 e. The highest BCUT2D eigenvalue weighted by molar-refractivity contribution is 7.91. The third-order valence-electron chi connectivity index (χ3n) is 5.27. The van der Waals surface area contributed by atoms with Gasteiger partial charge < -0.3 is 16.0 Å². The lowest BCUT2D eigenvalue weighted by Crippen LogP contribution is -2.12. The number of carbonyl (C=O) groups is 1. The van der Waals surface area contributed by atoms with Crippen LogP contribution in [0.25, 0.3) is 22.0 Å². The number of carbonyl (C=O) groups excluding carboxylic acids is 1. The first-order chi connectivity index (χ1) is 15.7. The number of fused-ring (bicyclic) bond motifs is 1. The van der Waals surface area contributed by atoms with Gasteiger partial charge in [0.05, 0.1) is 21.7 Å². The third kappa shape index (κ3) is 4.33. The molecule has 0 unspecified atom stereocenters. The maximum atomic E-state index is 12.6. The zero-order chi connectivity index (χ0) is 23.8. The number of nitrogens with one attached hydrogen (secondary N) is 2. The second-order valence-corrected chi connectivity index (χ2v) is 9.74. The van der Waals surface area contributed by atoms with Crippen molar-refractivity contribution in [3.05, 3.63) is 76.5 Å². The predicted molar refractivity (Wildman–Crippen MR) is 126 cm³/mol. The molecule has 3 aromatic heterocycles. The van der Waals surface area contributed by atoms with Crippen molar-refractivity contribution in [2.24, 2.45) is 5.73 Å². The summed E-state index contributed by atoms with van der Waals surface area (Å²) in [5.74, 6) is -0.310. The van der Waals surface area contributed by atoms with Crippen LogP contribution in [0.2, 0.25) is 0 Å². The number of aromatic nitrogens is 3. The molecule has 4 N–H and O–H groups in total. The van der Waals surface area contributed by atoms with Gasteiger partial charge >= 0.3 is 0 Å². The van der Waals surface area contributed by atoms with Crippen LogP contribution in [0, 0.1) is 6.92 Å². The number of H-pyrrole nitrogens is 1. The number of hydrogen-bond donors (Lipinski definition) is 3. The minimum atomic E-state index is -3.45. The molecule has 168 valence electrons. The molecule has 4 aromatic rings. The Kier molecular flexibility index (Phi) is 5.69. The van der Waals surface area contributed by atoms with E-state index in [-0.39, 0.29) is 22.0 Å².